The van der Waals surface area contributed by atoms with Crippen molar-refractivity contribution in [2.24, 2.45) is 0 Å². The van der Waals surface area contributed by atoms with E-state index in [1.54, 1.807) is 0 Å². The summed E-state index contributed by atoms with van der Waals surface area (Å²) in [5.41, 5.74) is 7.47. The largest absolute Gasteiger partial charge is 0.456 e. The Labute approximate surface area is 255 Å². The summed E-state index contributed by atoms with van der Waals surface area (Å²) in [7, 11) is 0. The van der Waals surface area contributed by atoms with E-state index in [1.165, 1.54) is 43.4 Å². The zero-order valence-electron chi connectivity index (χ0n) is 23.9. The van der Waals surface area contributed by atoms with Crippen LogP contribution in [0.1, 0.15) is 0 Å². The molecule has 0 radical (unpaired) electrons. The number of anilines is 3. The molecule has 0 fully saturated rings. The molecule has 9 rings (SSSR count). The first-order chi connectivity index (χ1) is 21.8. The maximum Gasteiger partial charge on any atom is 0.137 e. The zero-order valence-corrected chi connectivity index (χ0v) is 23.9. The van der Waals surface area contributed by atoms with Gasteiger partial charge in [0.1, 0.15) is 11.2 Å². The first kappa shape index (κ1) is 24.7. The highest BCUT2D eigenvalue weighted by Gasteiger charge is 2.16. The lowest BCUT2D eigenvalue weighted by atomic mass is 9.90. The molecule has 2 nitrogen and oxygen atoms in total. The molecule has 8 aromatic carbocycles. The summed E-state index contributed by atoms with van der Waals surface area (Å²) >= 11 is 0. The maximum atomic E-state index is 6.27. The molecule has 1 aromatic heterocycles. The molecule has 0 N–H and O–H groups in total. The van der Waals surface area contributed by atoms with Crippen LogP contribution in [0.3, 0.4) is 0 Å². The SMILES string of the molecule is c1ccc(N(c2ccc(-c3cc4ccccc4c4c3ccc3ccccc34)cc2)c2ccc3c(c2)oc2ccccc23)cc1. The standard InChI is InChI=1S/C42H27NO/c1-2-12-31(13-3-1)43(33-23-25-37-36-16-8-9-17-40(36)44-41(37)27-33)32-21-18-29(19-22-32)39-26-30-11-5-7-15-35(30)42-34-14-6-4-10-28(34)20-24-38(39)42/h1-27H. The topological polar surface area (TPSA) is 16.4 Å². The van der Waals surface area contributed by atoms with E-state index in [-0.39, 0.29) is 0 Å². The minimum atomic E-state index is 0.885. The average molecular weight is 562 g/mol. The highest BCUT2D eigenvalue weighted by Crippen LogP contribution is 2.42. The number of hydrogen-bond acceptors (Lipinski definition) is 2. The number of furan rings is 1. The van der Waals surface area contributed by atoms with Gasteiger partial charge in [0.05, 0.1) is 0 Å². The van der Waals surface area contributed by atoms with Gasteiger partial charge in [-0.25, -0.2) is 0 Å². The summed E-state index contributed by atoms with van der Waals surface area (Å²) in [4.78, 5) is 2.29. The van der Waals surface area contributed by atoms with Crippen molar-refractivity contribution in [1.29, 1.82) is 0 Å². The van der Waals surface area contributed by atoms with Gasteiger partial charge in [0.2, 0.25) is 0 Å². The van der Waals surface area contributed by atoms with E-state index in [4.69, 9.17) is 4.42 Å². The molecule has 0 spiro atoms. The smallest absolute Gasteiger partial charge is 0.137 e. The fraction of sp³-hybridized carbons (Fsp3) is 0. The van der Waals surface area contributed by atoms with E-state index >= 15 is 0 Å². The van der Waals surface area contributed by atoms with Gasteiger partial charge in [0.25, 0.3) is 0 Å². The molecule has 0 aliphatic rings. The van der Waals surface area contributed by atoms with Gasteiger partial charge in [0.15, 0.2) is 0 Å². The summed E-state index contributed by atoms with van der Waals surface area (Å²) in [6.45, 7) is 0. The van der Waals surface area contributed by atoms with Crippen LogP contribution >= 0.6 is 0 Å². The van der Waals surface area contributed by atoms with Crippen LogP contribution in [0, 0.1) is 0 Å². The second kappa shape index (κ2) is 9.86. The first-order valence-corrected chi connectivity index (χ1v) is 15.0. The van der Waals surface area contributed by atoms with Gasteiger partial charge in [-0.2, -0.15) is 0 Å². The molecule has 9 aromatic rings. The maximum absolute atomic E-state index is 6.27. The van der Waals surface area contributed by atoms with Crippen LogP contribution in [0.4, 0.5) is 17.1 Å². The predicted molar refractivity (Wildman–Crippen MR) is 186 cm³/mol. The molecule has 0 saturated heterocycles. The highest BCUT2D eigenvalue weighted by atomic mass is 16.3. The molecule has 0 bridgehead atoms. The third kappa shape index (κ3) is 3.89. The van der Waals surface area contributed by atoms with Crippen molar-refractivity contribution in [2.75, 3.05) is 4.90 Å². The number of rotatable bonds is 4. The van der Waals surface area contributed by atoms with E-state index in [0.29, 0.717) is 0 Å². The van der Waals surface area contributed by atoms with Crippen molar-refractivity contribution in [3.8, 4) is 11.1 Å². The highest BCUT2D eigenvalue weighted by molar-refractivity contribution is 6.24. The number of nitrogens with zero attached hydrogens (tertiary/aromatic N) is 1. The van der Waals surface area contributed by atoms with Crippen molar-refractivity contribution in [2.45, 2.75) is 0 Å². The van der Waals surface area contributed by atoms with Crippen LogP contribution in [0.2, 0.25) is 0 Å². The third-order valence-electron chi connectivity index (χ3n) is 8.82. The van der Waals surface area contributed by atoms with Crippen LogP contribution in [0.15, 0.2) is 168 Å². The molecule has 0 unspecified atom stereocenters. The molecule has 0 saturated carbocycles. The van der Waals surface area contributed by atoms with Gasteiger partial charge in [0, 0.05) is 33.9 Å². The van der Waals surface area contributed by atoms with Crippen molar-refractivity contribution < 1.29 is 4.42 Å². The molecular formula is C42H27NO. The summed E-state index contributed by atoms with van der Waals surface area (Å²) in [6.07, 6.45) is 0. The number of benzene rings is 8. The fourth-order valence-electron chi connectivity index (χ4n) is 6.78. The van der Waals surface area contributed by atoms with E-state index in [9.17, 15) is 0 Å². The molecule has 0 atom stereocenters. The lowest BCUT2D eigenvalue weighted by Crippen LogP contribution is -2.09. The second-order valence-electron chi connectivity index (χ2n) is 11.4. The van der Waals surface area contributed by atoms with Crippen LogP contribution in [-0.2, 0) is 0 Å². The summed E-state index contributed by atoms with van der Waals surface area (Å²) in [6, 6.07) is 58.5. The van der Waals surface area contributed by atoms with Crippen LogP contribution in [0.25, 0.3) is 65.4 Å². The van der Waals surface area contributed by atoms with Crippen molar-refractivity contribution in [1.82, 2.24) is 0 Å². The number of para-hydroxylation sites is 2. The second-order valence-corrected chi connectivity index (χ2v) is 11.4. The van der Waals surface area contributed by atoms with E-state index in [2.05, 4.69) is 157 Å². The van der Waals surface area contributed by atoms with Crippen molar-refractivity contribution in [3.63, 3.8) is 0 Å². The number of hydrogen-bond donors (Lipinski definition) is 0. The summed E-state index contributed by atoms with van der Waals surface area (Å²) in [5, 5.41) is 9.93. The summed E-state index contributed by atoms with van der Waals surface area (Å²) < 4.78 is 6.27. The summed E-state index contributed by atoms with van der Waals surface area (Å²) in [5.74, 6) is 0. The molecule has 0 aliphatic heterocycles. The van der Waals surface area contributed by atoms with Gasteiger partial charge in [-0.1, -0.05) is 109 Å². The average Bonchev–Trinajstić information content (AvgIpc) is 3.46. The predicted octanol–water partition coefficient (Wildman–Crippen LogP) is 12.2. The van der Waals surface area contributed by atoms with E-state index in [1.807, 2.05) is 12.1 Å². The fourth-order valence-corrected chi connectivity index (χ4v) is 6.78. The molecule has 206 valence electrons. The molecule has 44 heavy (non-hydrogen) atoms. The minimum Gasteiger partial charge on any atom is -0.456 e. The molecule has 0 aliphatic carbocycles. The molecule has 2 heteroatoms. The molecule has 0 amide bonds. The monoisotopic (exact) mass is 561 g/mol. The number of fused-ring (bicyclic) bond motifs is 8. The Balaban J connectivity index is 1.21. The van der Waals surface area contributed by atoms with Crippen molar-refractivity contribution in [3.05, 3.63) is 164 Å². The third-order valence-corrected chi connectivity index (χ3v) is 8.82. The Morgan fingerprint density at radius 2 is 0.955 bits per heavy atom. The lowest BCUT2D eigenvalue weighted by molar-refractivity contribution is 0.669. The Morgan fingerprint density at radius 1 is 0.364 bits per heavy atom. The van der Waals surface area contributed by atoms with E-state index in [0.717, 1.165) is 39.0 Å². The lowest BCUT2D eigenvalue weighted by Gasteiger charge is -2.25. The quantitative estimate of drug-likeness (QED) is 0.199. The Hall–Kier alpha value is -5.86. The first-order valence-electron chi connectivity index (χ1n) is 15.0. The van der Waals surface area contributed by atoms with Gasteiger partial charge in [-0.05, 0) is 92.0 Å². The Bertz CT molecular complexity index is 2470. The van der Waals surface area contributed by atoms with E-state index < -0.39 is 0 Å². The van der Waals surface area contributed by atoms with Gasteiger partial charge >= 0.3 is 0 Å². The van der Waals surface area contributed by atoms with Crippen molar-refractivity contribution >= 4 is 71.3 Å². The van der Waals surface area contributed by atoms with Gasteiger partial charge in [-0.15, -0.1) is 0 Å². The normalized spacial score (nSPS) is 11.6. The van der Waals surface area contributed by atoms with Crippen LogP contribution < -0.4 is 4.90 Å². The van der Waals surface area contributed by atoms with Gasteiger partial charge < -0.3 is 9.32 Å². The molecular weight excluding hydrogens is 534 g/mol. The van der Waals surface area contributed by atoms with Crippen LogP contribution in [-0.4, -0.2) is 0 Å². The van der Waals surface area contributed by atoms with Gasteiger partial charge in [-0.3, -0.25) is 0 Å². The Morgan fingerprint density at radius 3 is 1.77 bits per heavy atom. The Kier molecular flexibility index (Phi) is 5.54. The van der Waals surface area contributed by atoms with Crippen LogP contribution in [0.5, 0.6) is 0 Å². The zero-order chi connectivity index (χ0) is 29.0. The molecule has 1 heterocycles. The minimum absolute atomic E-state index is 0.885.